The fourth-order valence-corrected chi connectivity index (χ4v) is 3.96. The maximum atomic E-state index is 12.2. The first kappa shape index (κ1) is 18.8. The summed E-state index contributed by atoms with van der Waals surface area (Å²) in [5.41, 5.74) is 3.64. The fraction of sp³-hybridized carbons (Fsp3) is 0.538. The van der Waals surface area contributed by atoms with Crippen molar-refractivity contribution in [3.63, 3.8) is 0 Å². The van der Waals surface area contributed by atoms with Gasteiger partial charge in [-0.05, 0) is 12.8 Å². The summed E-state index contributed by atoms with van der Waals surface area (Å²) in [6.07, 6.45) is 1.96. The number of rotatable bonds is 7. The predicted molar refractivity (Wildman–Crippen MR) is 85.3 cm³/mol. The van der Waals surface area contributed by atoms with E-state index in [-0.39, 0.29) is 28.9 Å². The van der Waals surface area contributed by atoms with Crippen LogP contribution < -0.4 is 5.73 Å². The molecule has 0 atom stereocenters. The number of hydrogen-bond acceptors (Lipinski definition) is 7. The van der Waals surface area contributed by atoms with Gasteiger partial charge in [0.2, 0.25) is 0 Å². The van der Waals surface area contributed by atoms with Crippen LogP contribution in [-0.2, 0) is 22.7 Å². The van der Waals surface area contributed by atoms with Gasteiger partial charge in [0.05, 0.1) is 25.9 Å². The first-order valence-corrected chi connectivity index (χ1v) is 8.92. The Morgan fingerprint density at radius 2 is 1.30 bits per heavy atom. The smallest absolute Gasteiger partial charge is 0.303 e. The van der Waals surface area contributed by atoms with E-state index in [1.54, 1.807) is 13.8 Å². The van der Waals surface area contributed by atoms with Crippen molar-refractivity contribution in [2.24, 2.45) is 0 Å². The van der Waals surface area contributed by atoms with Crippen LogP contribution in [0.1, 0.15) is 37.8 Å². The maximum absolute atomic E-state index is 12.2. The Bertz CT molecular complexity index is 712. The first-order valence-electron chi connectivity index (χ1n) is 7.03. The molecule has 23 heavy (non-hydrogen) atoms. The predicted octanol–water partition coefficient (Wildman–Crippen LogP) is 2.39. The third-order valence-corrected chi connectivity index (χ3v) is 4.60. The number of nitrogens with zero attached hydrogens (tertiary/aromatic N) is 2. The number of nitrogen functional groups attached to an aromatic ring is 1. The van der Waals surface area contributed by atoms with Gasteiger partial charge >= 0.3 is 11.4 Å². The highest BCUT2D eigenvalue weighted by atomic mass is 32.2. The van der Waals surface area contributed by atoms with E-state index in [2.05, 4.69) is 0 Å². The van der Waals surface area contributed by atoms with Gasteiger partial charge in [-0.25, -0.2) is 8.42 Å². The number of nitrogens with two attached hydrogens (primary N) is 1. The topological polar surface area (TPSA) is 146 Å². The van der Waals surface area contributed by atoms with Crippen LogP contribution in [-0.4, -0.2) is 24.5 Å². The summed E-state index contributed by atoms with van der Waals surface area (Å²) in [6, 6.07) is 0. The average molecular weight is 345 g/mol. The molecule has 0 radical (unpaired) electrons. The third-order valence-electron chi connectivity index (χ3n) is 3.37. The monoisotopic (exact) mass is 345 g/mol. The van der Waals surface area contributed by atoms with Crippen LogP contribution in [0.2, 0.25) is 0 Å². The Morgan fingerprint density at radius 1 is 0.957 bits per heavy atom. The summed E-state index contributed by atoms with van der Waals surface area (Å²) in [7, 11) is -3.90. The lowest BCUT2D eigenvalue weighted by molar-refractivity contribution is -0.393. The molecule has 0 amide bonds. The van der Waals surface area contributed by atoms with Crippen molar-refractivity contribution in [1.29, 1.82) is 0 Å². The van der Waals surface area contributed by atoms with Crippen molar-refractivity contribution in [2.75, 3.05) is 12.0 Å². The quantitative estimate of drug-likeness (QED) is 0.453. The van der Waals surface area contributed by atoms with Gasteiger partial charge in [-0.1, -0.05) is 26.7 Å². The molecule has 0 saturated heterocycles. The zero-order chi connectivity index (χ0) is 17.9. The van der Waals surface area contributed by atoms with Gasteiger partial charge in [-0.15, -0.1) is 0 Å². The summed E-state index contributed by atoms with van der Waals surface area (Å²) in [5.74, 6) is 0. The van der Waals surface area contributed by atoms with E-state index < -0.39 is 36.7 Å². The van der Waals surface area contributed by atoms with Crippen molar-refractivity contribution < 1.29 is 18.3 Å². The van der Waals surface area contributed by atoms with Gasteiger partial charge < -0.3 is 5.73 Å². The standard InChI is InChI=1S/C13H19N3O6S/c1-4-6-8-11(15(17)18)10(14)12(16(19)20)9(7-5-2)13(8)23(3,21)22/h4-7,14H2,1-3H3. The van der Waals surface area contributed by atoms with Crippen LogP contribution >= 0.6 is 0 Å². The molecule has 0 unspecified atom stereocenters. The molecule has 0 aliphatic heterocycles. The van der Waals surface area contributed by atoms with Crippen molar-refractivity contribution in [2.45, 2.75) is 44.4 Å². The minimum atomic E-state index is -3.90. The van der Waals surface area contributed by atoms with Gasteiger partial charge in [0.15, 0.2) is 15.5 Å². The summed E-state index contributed by atoms with van der Waals surface area (Å²) < 4.78 is 24.4. The molecular weight excluding hydrogens is 326 g/mol. The highest BCUT2D eigenvalue weighted by Crippen LogP contribution is 2.44. The van der Waals surface area contributed by atoms with Crippen LogP contribution in [0, 0.1) is 20.2 Å². The Morgan fingerprint density at radius 3 is 1.52 bits per heavy atom. The average Bonchev–Trinajstić information content (AvgIpc) is 2.36. The molecule has 0 bridgehead atoms. The first-order chi connectivity index (χ1) is 10.6. The highest BCUT2D eigenvalue weighted by molar-refractivity contribution is 7.90. The molecule has 0 spiro atoms. The second-order valence-corrected chi connectivity index (χ2v) is 7.14. The van der Waals surface area contributed by atoms with Crippen LogP contribution in [0.25, 0.3) is 0 Å². The molecule has 0 saturated carbocycles. The summed E-state index contributed by atoms with van der Waals surface area (Å²) in [4.78, 5) is 20.7. The van der Waals surface area contributed by atoms with E-state index in [0.717, 1.165) is 6.26 Å². The van der Waals surface area contributed by atoms with E-state index in [9.17, 15) is 28.6 Å². The number of nitro groups is 2. The molecule has 1 aromatic carbocycles. The molecule has 1 rings (SSSR count). The second kappa shape index (κ2) is 6.90. The van der Waals surface area contributed by atoms with Gasteiger partial charge in [0.1, 0.15) is 0 Å². The van der Waals surface area contributed by atoms with E-state index in [1.165, 1.54) is 0 Å². The molecule has 1 aromatic rings. The van der Waals surface area contributed by atoms with Crippen molar-refractivity contribution >= 4 is 26.9 Å². The molecule has 0 aliphatic rings. The Kier molecular flexibility index (Phi) is 5.65. The number of sulfone groups is 1. The Balaban J connectivity index is 4.17. The van der Waals surface area contributed by atoms with Crippen LogP contribution in [0.4, 0.5) is 17.1 Å². The zero-order valence-corrected chi connectivity index (χ0v) is 14.0. The van der Waals surface area contributed by atoms with Gasteiger partial charge in [-0.3, -0.25) is 20.2 Å². The van der Waals surface area contributed by atoms with Gasteiger partial charge in [0, 0.05) is 6.26 Å². The van der Waals surface area contributed by atoms with Crippen molar-refractivity contribution in [1.82, 2.24) is 0 Å². The molecule has 128 valence electrons. The van der Waals surface area contributed by atoms with Gasteiger partial charge in [0.25, 0.3) is 0 Å². The molecule has 0 fully saturated rings. The van der Waals surface area contributed by atoms with E-state index >= 15 is 0 Å². The van der Waals surface area contributed by atoms with Crippen LogP contribution in [0.5, 0.6) is 0 Å². The molecule has 0 heterocycles. The zero-order valence-electron chi connectivity index (χ0n) is 13.2. The lowest BCUT2D eigenvalue weighted by atomic mass is 9.98. The molecule has 0 aromatic heterocycles. The van der Waals surface area contributed by atoms with E-state index in [1.807, 2.05) is 0 Å². The number of nitro benzene ring substituents is 2. The maximum Gasteiger partial charge on any atom is 0.303 e. The lowest BCUT2D eigenvalue weighted by Crippen LogP contribution is -2.15. The van der Waals surface area contributed by atoms with E-state index in [4.69, 9.17) is 5.73 Å². The summed E-state index contributed by atoms with van der Waals surface area (Å²) >= 11 is 0. The van der Waals surface area contributed by atoms with Crippen LogP contribution in [0.15, 0.2) is 4.90 Å². The minimum absolute atomic E-state index is 0.0495. The second-order valence-electron chi connectivity index (χ2n) is 5.18. The van der Waals surface area contributed by atoms with Crippen LogP contribution in [0.3, 0.4) is 0 Å². The molecule has 10 heteroatoms. The van der Waals surface area contributed by atoms with Crippen molar-refractivity contribution in [3.8, 4) is 0 Å². The fourth-order valence-electron chi connectivity index (χ4n) is 2.66. The number of benzene rings is 1. The normalized spacial score (nSPS) is 11.4. The minimum Gasteiger partial charge on any atom is -0.387 e. The largest absolute Gasteiger partial charge is 0.387 e. The summed E-state index contributed by atoms with van der Waals surface area (Å²) in [5, 5.41) is 22.7. The van der Waals surface area contributed by atoms with Crippen molar-refractivity contribution in [3.05, 3.63) is 31.4 Å². The van der Waals surface area contributed by atoms with E-state index in [0.29, 0.717) is 12.8 Å². The Labute approximate surface area is 133 Å². The lowest BCUT2D eigenvalue weighted by Gasteiger charge is -2.15. The molecular formula is C13H19N3O6S. The SMILES string of the molecule is CCCc1c([N+](=O)[O-])c(N)c([N+](=O)[O-])c(CCC)c1S(C)(=O)=O. The number of hydrogen-bond donors (Lipinski definition) is 1. The molecule has 2 N–H and O–H groups in total. The highest BCUT2D eigenvalue weighted by Gasteiger charge is 2.37. The van der Waals surface area contributed by atoms with Gasteiger partial charge in [-0.2, -0.15) is 0 Å². The molecule has 9 nitrogen and oxygen atoms in total. The third kappa shape index (κ3) is 3.58. The molecule has 0 aliphatic carbocycles. The summed E-state index contributed by atoms with van der Waals surface area (Å²) in [6.45, 7) is 3.46. The Hall–Kier alpha value is -2.23. The number of anilines is 1.